The van der Waals surface area contributed by atoms with E-state index in [1.807, 2.05) is 0 Å². The number of hydrogen-bond acceptors (Lipinski definition) is 2. The molecule has 0 radical (unpaired) electrons. The summed E-state index contributed by atoms with van der Waals surface area (Å²) in [5.41, 5.74) is 0. The molecule has 11 heavy (non-hydrogen) atoms. The molecule has 5 atom stereocenters. The number of thioether (sulfide) groups is 1. The zero-order valence-electron chi connectivity index (χ0n) is 6.57. The highest BCUT2D eigenvalue weighted by atomic mass is 32.2. The van der Waals surface area contributed by atoms with Crippen molar-refractivity contribution in [3.8, 4) is 0 Å². The second-order valence-electron chi connectivity index (χ2n) is 4.36. The average Bonchev–Trinajstić information content (AvgIpc) is 1.98. The summed E-state index contributed by atoms with van der Waals surface area (Å²) < 4.78 is 0. The smallest absolute Gasteiger partial charge is 0.0687 e. The van der Waals surface area contributed by atoms with Crippen LogP contribution in [-0.4, -0.2) is 21.7 Å². The lowest BCUT2D eigenvalue weighted by Crippen LogP contribution is -2.50. The highest BCUT2D eigenvalue weighted by Crippen LogP contribution is 2.53. The SMILES string of the molecule is OC1[C@@H]2C[C@H]3C[C@@H](C2)S[C@@H]1C3. The van der Waals surface area contributed by atoms with Crippen LogP contribution in [0.5, 0.6) is 0 Å². The van der Waals surface area contributed by atoms with Gasteiger partial charge in [-0.05, 0) is 37.5 Å². The molecule has 0 aromatic carbocycles. The Morgan fingerprint density at radius 3 is 2.73 bits per heavy atom. The topological polar surface area (TPSA) is 20.2 Å². The van der Waals surface area contributed by atoms with E-state index in [0.29, 0.717) is 11.2 Å². The Morgan fingerprint density at radius 2 is 2.00 bits per heavy atom. The van der Waals surface area contributed by atoms with Crippen molar-refractivity contribution in [1.82, 2.24) is 0 Å². The maximum absolute atomic E-state index is 9.81. The van der Waals surface area contributed by atoms with E-state index in [2.05, 4.69) is 11.8 Å². The molecule has 4 rings (SSSR count). The van der Waals surface area contributed by atoms with Crippen LogP contribution in [0, 0.1) is 11.8 Å². The lowest BCUT2D eigenvalue weighted by atomic mass is 9.70. The Bertz CT molecular complexity index is 152. The quantitative estimate of drug-likeness (QED) is 0.596. The van der Waals surface area contributed by atoms with Gasteiger partial charge in [0.1, 0.15) is 0 Å². The normalized spacial score (nSPS) is 60.3. The van der Waals surface area contributed by atoms with Crippen LogP contribution in [-0.2, 0) is 0 Å². The number of rotatable bonds is 0. The standard InChI is InChI=1S/C9H14OS/c10-9-6-1-5-2-7(4-6)11-8(9)3-5/h5-10H,1-4H2/t5-,6+,7-,8+,9?/m0/s1. The van der Waals surface area contributed by atoms with Crippen LogP contribution < -0.4 is 0 Å². The summed E-state index contributed by atoms with van der Waals surface area (Å²) in [5.74, 6) is 1.66. The molecule has 4 aliphatic rings. The lowest BCUT2D eigenvalue weighted by Gasteiger charge is -2.51. The third-order valence-corrected chi connectivity index (χ3v) is 5.19. The van der Waals surface area contributed by atoms with Gasteiger partial charge in [0.2, 0.25) is 0 Å². The molecule has 2 aliphatic carbocycles. The van der Waals surface area contributed by atoms with Gasteiger partial charge < -0.3 is 5.11 Å². The molecule has 2 aliphatic heterocycles. The van der Waals surface area contributed by atoms with E-state index in [0.717, 1.165) is 11.2 Å². The Kier molecular flexibility index (Phi) is 1.34. The molecule has 1 nitrogen and oxygen atoms in total. The fourth-order valence-electron chi connectivity index (χ4n) is 3.16. The van der Waals surface area contributed by atoms with Gasteiger partial charge in [0.05, 0.1) is 6.10 Å². The second-order valence-corrected chi connectivity index (χ2v) is 5.90. The first kappa shape index (κ1) is 6.79. The average molecular weight is 170 g/mol. The Morgan fingerprint density at radius 1 is 1.09 bits per heavy atom. The van der Waals surface area contributed by atoms with E-state index >= 15 is 0 Å². The Hall–Kier alpha value is 0.310. The van der Waals surface area contributed by atoms with Crippen molar-refractivity contribution in [2.24, 2.45) is 11.8 Å². The fourth-order valence-corrected chi connectivity index (χ4v) is 5.17. The molecule has 0 aromatic rings. The minimum atomic E-state index is 0.0489. The van der Waals surface area contributed by atoms with Gasteiger partial charge in [-0.1, -0.05) is 0 Å². The molecule has 2 saturated carbocycles. The van der Waals surface area contributed by atoms with Gasteiger partial charge in [-0.25, -0.2) is 0 Å². The van der Waals surface area contributed by atoms with Crippen molar-refractivity contribution >= 4 is 11.8 Å². The van der Waals surface area contributed by atoms with Crippen molar-refractivity contribution in [1.29, 1.82) is 0 Å². The fraction of sp³-hybridized carbons (Fsp3) is 1.00. The number of aliphatic hydroxyl groups excluding tert-OH is 1. The summed E-state index contributed by atoms with van der Waals surface area (Å²) >= 11 is 2.07. The monoisotopic (exact) mass is 170 g/mol. The first-order chi connectivity index (χ1) is 5.33. The Balaban J connectivity index is 1.91. The maximum Gasteiger partial charge on any atom is 0.0687 e. The van der Waals surface area contributed by atoms with Gasteiger partial charge in [0.25, 0.3) is 0 Å². The first-order valence-electron chi connectivity index (χ1n) is 4.66. The van der Waals surface area contributed by atoms with Crippen molar-refractivity contribution in [2.75, 3.05) is 0 Å². The minimum absolute atomic E-state index is 0.0489. The summed E-state index contributed by atoms with van der Waals surface area (Å²) in [4.78, 5) is 0. The third kappa shape index (κ3) is 0.888. The van der Waals surface area contributed by atoms with Crippen LogP contribution in [0.15, 0.2) is 0 Å². The van der Waals surface area contributed by atoms with Gasteiger partial charge >= 0.3 is 0 Å². The lowest BCUT2D eigenvalue weighted by molar-refractivity contribution is 0.0203. The summed E-state index contributed by atoms with van der Waals surface area (Å²) in [7, 11) is 0. The van der Waals surface area contributed by atoms with Crippen LogP contribution in [0.4, 0.5) is 0 Å². The van der Waals surface area contributed by atoms with Crippen molar-refractivity contribution in [3.63, 3.8) is 0 Å². The zero-order valence-corrected chi connectivity index (χ0v) is 7.39. The van der Waals surface area contributed by atoms with Crippen LogP contribution in [0.1, 0.15) is 25.7 Å². The predicted molar refractivity (Wildman–Crippen MR) is 46.6 cm³/mol. The van der Waals surface area contributed by atoms with Gasteiger partial charge in [-0.3, -0.25) is 0 Å². The van der Waals surface area contributed by atoms with Crippen molar-refractivity contribution in [3.05, 3.63) is 0 Å². The minimum Gasteiger partial charge on any atom is -0.392 e. The molecular formula is C9H14OS. The zero-order chi connectivity index (χ0) is 7.42. The van der Waals surface area contributed by atoms with E-state index in [9.17, 15) is 5.11 Å². The van der Waals surface area contributed by atoms with E-state index in [1.165, 1.54) is 25.7 Å². The molecule has 2 saturated heterocycles. The molecule has 62 valence electrons. The number of aliphatic hydroxyl groups is 1. The van der Waals surface area contributed by atoms with Crippen molar-refractivity contribution < 1.29 is 5.11 Å². The predicted octanol–water partition coefficient (Wildman–Crippen LogP) is 1.65. The van der Waals surface area contributed by atoms with E-state index in [4.69, 9.17) is 0 Å². The summed E-state index contributed by atoms with van der Waals surface area (Å²) in [6.45, 7) is 0. The van der Waals surface area contributed by atoms with E-state index < -0.39 is 0 Å². The van der Waals surface area contributed by atoms with Gasteiger partial charge in [-0.15, -0.1) is 0 Å². The molecular weight excluding hydrogens is 156 g/mol. The highest BCUT2D eigenvalue weighted by molar-refractivity contribution is 8.00. The second kappa shape index (κ2) is 2.17. The highest BCUT2D eigenvalue weighted by Gasteiger charge is 2.48. The van der Waals surface area contributed by atoms with Crippen molar-refractivity contribution in [2.45, 2.75) is 42.3 Å². The van der Waals surface area contributed by atoms with Gasteiger partial charge in [0, 0.05) is 10.5 Å². The third-order valence-electron chi connectivity index (χ3n) is 3.59. The summed E-state index contributed by atoms with van der Waals surface area (Å²) in [5, 5.41) is 11.3. The van der Waals surface area contributed by atoms with E-state index in [1.54, 1.807) is 0 Å². The molecule has 0 aromatic heterocycles. The maximum atomic E-state index is 9.81. The summed E-state index contributed by atoms with van der Waals surface area (Å²) in [6.07, 6.45) is 5.43. The Labute approximate surface area is 71.6 Å². The van der Waals surface area contributed by atoms with Gasteiger partial charge in [0.15, 0.2) is 0 Å². The van der Waals surface area contributed by atoms with Gasteiger partial charge in [-0.2, -0.15) is 11.8 Å². The molecule has 2 heteroatoms. The molecule has 4 bridgehead atoms. The molecule has 4 fully saturated rings. The molecule has 2 heterocycles. The molecule has 0 spiro atoms. The largest absolute Gasteiger partial charge is 0.392 e. The molecule has 0 amide bonds. The van der Waals surface area contributed by atoms with Crippen LogP contribution >= 0.6 is 11.8 Å². The van der Waals surface area contributed by atoms with E-state index in [-0.39, 0.29) is 6.10 Å². The van der Waals surface area contributed by atoms with Crippen LogP contribution in [0.25, 0.3) is 0 Å². The summed E-state index contributed by atoms with van der Waals surface area (Å²) in [6, 6.07) is 0. The molecule has 1 unspecified atom stereocenters. The number of hydrogen-bond donors (Lipinski definition) is 1. The van der Waals surface area contributed by atoms with Crippen LogP contribution in [0.2, 0.25) is 0 Å². The first-order valence-corrected chi connectivity index (χ1v) is 5.61. The molecule has 1 N–H and O–H groups in total. The van der Waals surface area contributed by atoms with Crippen LogP contribution in [0.3, 0.4) is 0 Å².